The molecule has 2 aromatic carbocycles. The first-order valence-corrected chi connectivity index (χ1v) is 7.87. The van der Waals surface area contributed by atoms with Crippen LogP contribution >= 0.6 is 0 Å². The van der Waals surface area contributed by atoms with Crippen molar-refractivity contribution < 1.29 is 14.3 Å². The van der Waals surface area contributed by atoms with Gasteiger partial charge in [-0.1, -0.05) is 25.1 Å². The van der Waals surface area contributed by atoms with Gasteiger partial charge in [0.25, 0.3) is 0 Å². The van der Waals surface area contributed by atoms with E-state index in [-0.39, 0.29) is 17.8 Å². The standard InChI is InChI=1S/C19H22O3/c1-4-14-16-7-5-12-11-13(21-2)6-8-15(12)17(16)9-10-18(14)19(20)22-3/h5-8,11,14,18H,4,9-10H2,1-3H3. The van der Waals surface area contributed by atoms with Gasteiger partial charge in [-0.25, -0.2) is 0 Å². The fraction of sp³-hybridized carbons (Fsp3) is 0.421. The molecule has 3 heteroatoms. The van der Waals surface area contributed by atoms with Crippen molar-refractivity contribution in [3.05, 3.63) is 41.5 Å². The summed E-state index contributed by atoms with van der Waals surface area (Å²) in [6.07, 6.45) is 2.74. The minimum atomic E-state index is -0.0765. The van der Waals surface area contributed by atoms with Crippen molar-refractivity contribution in [2.24, 2.45) is 5.92 Å². The lowest BCUT2D eigenvalue weighted by Gasteiger charge is -2.32. The van der Waals surface area contributed by atoms with Crippen LogP contribution in [0, 0.1) is 5.92 Å². The molecule has 2 atom stereocenters. The zero-order chi connectivity index (χ0) is 15.7. The highest BCUT2D eigenvalue weighted by Gasteiger charge is 2.34. The molecule has 0 aliphatic heterocycles. The first-order valence-electron chi connectivity index (χ1n) is 7.87. The molecule has 0 amide bonds. The number of carbonyl (C=O) groups excluding carboxylic acids is 1. The zero-order valence-corrected chi connectivity index (χ0v) is 13.4. The van der Waals surface area contributed by atoms with Crippen molar-refractivity contribution in [3.8, 4) is 5.75 Å². The van der Waals surface area contributed by atoms with Crippen molar-refractivity contribution in [3.63, 3.8) is 0 Å². The maximum Gasteiger partial charge on any atom is 0.309 e. The molecule has 2 unspecified atom stereocenters. The smallest absolute Gasteiger partial charge is 0.309 e. The van der Waals surface area contributed by atoms with Crippen LogP contribution in [0.3, 0.4) is 0 Å². The Kier molecular flexibility index (Phi) is 4.06. The second-order valence-electron chi connectivity index (χ2n) is 5.90. The number of esters is 1. The molecule has 0 heterocycles. The van der Waals surface area contributed by atoms with Gasteiger partial charge in [0.15, 0.2) is 0 Å². The van der Waals surface area contributed by atoms with Crippen molar-refractivity contribution in [2.45, 2.75) is 32.1 Å². The van der Waals surface area contributed by atoms with E-state index in [0.29, 0.717) is 0 Å². The molecule has 0 N–H and O–H groups in total. The normalized spacial score (nSPS) is 20.5. The summed E-state index contributed by atoms with van der Waals surface area (Å²) in [6.45, 7) is 2.15. The molecule has 0 radical (unpaired) electrons. The van der Waals surface area contributed by atoms with Crippen LogP contribution in [-0.2, 0) is 16.0 Å². The highest BCUT2D eigenvalue weighted by molar-refractivity contribution is 5.89. The van der Waals surface area contributed by atoms with E-state index in [1.807, 2.05) is 6.07 Å². The van der Waals surface area contributed by atoms with Gasteiger partial charge in [0.1, 0.15) is 5.75 Å². The van der Waals surface area contributed by atoms with Gasteiger partial charge < -0.3 is 9.47 Å². The molecule has 0 spiro atoms. The molecule has 22 heavy (non-hydrogen) atoms. The maximum atomic E-state index is 12.1. The largest absolute Gasteiger partial charge is 0.497 e. The monoisotopic (exact) mass is 298 g/mol. The molecule has 0 saturated carbocycles. The Morgan fingerprint density at radius 1 is 1.23 bits per heavy atom. The number of methoxy groups -OCH3 is 2. The van der Waals surface area contributed by atoms with Gasteiger partial charge >= 0.3 is 5.97 Å². The average Bonchev–Trinajstić information content (AvgIpc) is 2.58. The van der Waals surface area contributed by atoms with Crippen LogP contribution in [0.25, 0.3) is 10.8 Å². The Hall–Kier alpha value is -2.03. The Morgan fingerprint density at radius 2 is 2.05 bits per heavy atom. The molecule has 0 saturated heterocycles. The Balaban J connectivity index is 2.10. The summed E-state index contributed by atoms with van der Waals surface area (Å²) in [5, 5.41) is 2.48. The Labute approximate surface area is 131 Å². The van der Waals surface area contributed by atoms with Crippen molar-refractivity contribution >= 4 is 16.7 Å². The lowest BCUT2D eigenvalue weighted by molar-refractivity contribution is -0.146. The van der Waals surface area contributed by atoms with Crippen LogP contribution in [0.15, 0.2) is 30.3 Å². The number of hydrogen-bond donors (Lipinski definition) is 0. The van der Waals surface area contributed by atoms with Crippen molar-refractivity contribution in [1.29, 1.82) is 0 Å². The van der Waals surface area contributed by atoms with Gasteiger partial charge in [-0.15, -0.1) is 0 Å². The highest BCUT2D eigenvalue weighted by atomic mass is 16.5. The van der Waals surface area contributed by atoms with Crippen LogP contribution in [0.4, 0.5) is 0 Å². The van der Waals surface area contributed by atoms with E-state index >= 15 is 0 Å². The first-order chi connectivity index (χ1) is 10.7. The van der Waals surface area contributed by atoms with E-state index in [1.54, 1.807) is 7.11 Å². The summed E-state index contributed by atoms with van der Waals surface area (Å²) in [6, 6.07) is 10.5. The van der Waals surface area contributed by atoms with E-state index < -0.39 is 0 Å². The number of fused-ring (bicyclic) bond motifs is 3. The van der Waals surface area contributed by atoms with Gasteiger partial charge in [0.2, 0.25) is 0 Å². The molecule has 3 nitrogen and oxygen atoms in total. The second kappa shape index (κ2) is 5.99. The summed E-state index contributed by atoms with van der Waals surface area (Å²) in [7, 11) is 3.17. The molecule has 0 aromatic heterocycles. The SMILES string of the molecule is CCC1c2ccc3cc(OC)ccc3c2CCC1C(=O)OC. The van der Waals surface area contributed by atoms with Crippen LogP contribution in [0.1, 0.15) is 36.8 Å². The Bertz CT molecular complexity index is 705. The van der Waals surface area contributed by atoms with Gasteiger partial charge in [-0.05, 0) is 59.2 Å². The summed E-state index contributed by atoms with van der Waals surface area (Å²) in [5.41, 5.74) is 2.69. The van der Waals surface area contributed by atoms with E-state index in [2.05, 4.69) is 31.2 Å². The third-order valence-electron chi connectivity index (χ3n) is 4.91. The molecular formula is C19H22O3. The Morgan fingerprint density at radius 3 is 2.73 bits per heavy atom. The molecule has 0 bridgehead atoms. The summed E-state index contributed by atoms with van der Waals surface area (Å²) < 4.78 is 10.3. The number of benzene rings is 2. The summed E-state index contributed by atoms with van der Waals surface area (Å²) >= 11 is 0. The van der Waals surface area contributed by atoms with E-state index in [0.717, 1.165) is 25.0 Å². The number of rotatable bonds is 3. The molecule has 1 aliphatic carbocycles. The average molecular weight is 298 g/mol. The first kappa shape index (κ1) is 14.9. The highest BCUT2D eigenvalue weighted by Crippen LogP contribution is 2.42. The van der Waals surface area contributed by atoms with Gasteiger partial charge in [0, 0.05) is 0 Å². The fourth-order valence-corrected chi connectivity index (χ4v) is 3.80. The van der Waals surface area contributed by atoms with Gasteiger partial charge in [0.05, 0.1) is 20.1 Å². The number of aryl methyl sites for hydroxylation is 1. The van der Waals surface area contributed by atoms with Gasteiger partial charge in [-0.3, -0.25) is 4.79 Å². The lowest BCUT2D eigenvalue weighted by Crippen LogP contribution is -2.28. The van der Waals surface area contributed by atoms with Crippen LogP contribution in [0.2, 0.25) is 0 Å². The molecule has 2 aromatic rings. The van der Waals surface area contributed by atoms with E-state index in [4.69, 9.17) is 9.47 Å². The molecule has 3 rings (SSSR count). The predicted octanol–water partition coefficient (Wildman–Crippen LogP) is 4.08. The van der Waals surface area contributed by atoms with Crippen molar-refractivity contribution in [1.82, 2.24) is 0 Å². The van der Waals surface area contributed by atoms with Crippen molar-refractivity contribution in [2.75, 3.05) is 14.2 Å². The quantitative estimate of drug-likeness (QED) is 0.801. The zero-order valence-electron chi connectivity index (χ0n) is 13.4. The van der Waals surface area contributed by atoms with E-state index in [9.17, 15) is 4.79 Å². The molecular weight excluding hydrogens is 276 g/mol. The minimum Gasteiger partial charge on any atom is -0.497 e. The number of hydrogen-bond acceptors (Lipinski definition) is 3. The van der Waals surface area contributed by atoms with Crippen LogP contribution in [0.5, 0.6) is 5.75 Å². The summed E-state index contributed by atoms with van der Waals surface area (Å²) in [4.78, 5) is 12.1. The molecule has 116 valence electrons. The fourth-order valence-electron chi connectivity index (χ4n) is 3.80. The summed E-state index contributed by atoms with van der Waals surface area (Å²) in [5.74, 6) is 1.04. The third-order valence-corrected chi connectivity index (χ3v) is 4.91. The second-order valence-corrected chi connectivity index (χ2v) is 5.90. The predicted molar refractivity (Wildman–Crippen MR) is 87.4 cm³/mol. The third kappa shape index (κ3) is 2.35. The van der Waals surface area contributed by atoms with E-state index in [1.165, 1.54) is 29.0 Å². The van der Waals surface area contributed by atoms with Crippen LogP contribution < -0.4 is 4.74 Å². The minimum absolute atomic E-state index is 0.0156. The van der Waals surface area contributed by atoms with Crippen LogP contribution in [-0.4, -0.2) is 20.2 Å². The van der Waals surface area contributed by atoms with Gasteiger partial charge in [-0.2, -0.15) is 0 Å². The maximum absolute atomic E-state index is 12.1. The molecule has 0 fully saturated rings. The number of carbonyl (C=O) groups is 1. The molecule has 1 aliphatic rings. The lowest BCUT2D eigenvalue weighted by atomic mass is 9.72. The topological polar surface area (TPSA) is 35.5 Å². The number of ether oxygens (including phenoxy) is 2.